The summed E-state index contributed by atoms with van der Waals surface area (Å²) in [5, 5.41) is 7.57. The Bertz CT molecular complexity index is 1200. The van der Waals surface area contributed by atoms with Gasteiger partial charge in [0.1, 0.15) is 12.3 Å². The van der Waals surface area contributed by atoms with Crippen molar-refractivity contribution < 1.29 is 26.7 Å². The lowest BCUT2D eigenvalue weighted by Crippen LogP contribution is -2.09. The van der Waals surface area contributed by atoms with Crippen LogP contribution in [0.1, 0.15) is 11.3 Å². The molecular weight excluding hydrogens is 397 g/mol. The van der Waals surface area contributed by atoms with Gasteiger partial charge in [0.15, 0.2) is 23.0 Å². The maximum Gasteiger partial charge on any atom is 0.419 e. The normalized spacial score (nSPS) is 11.9. The average Bonchev–Trinajstić information content (AvgIpc) is 3.27. The molecule has 0 N–H and O–H groups in total. The molecule has 4 aromatic rings. The number of pyridine rings is 1. The van der Waals surface area contributed by atoms with Gasteiger partial charge in [-0.3, -0.25) is 9.08 Å². The number of aromatic nitrogens is 5. The Kier molecular flexibility index (Phi) is 4.44. The number of halogens is 5. The largest absolute Gasteiger partial charge is 0.484 e. The lowest BCUT2D eigenvalue weighted by atomic mass is 10.1. The number of hydrogen-bond donors (Lipinski definition) is 0. The highest BCUT2D eigenvalue weighted by Crippen LogP contribution is 2.34. The van der Waals surface area contributed by atoms with E-state index in [0.29, 0.717) is 17.3 Å². The smallest absolute Gasteiger partial charge is 0.419 e. The van der Waals surface area contributed by atoms with E-state index in [1.165, 1.54) is 23.0 Å². The van der Waals surface area contributed by atoms with Crippen molar-refractivity contribution in [1.29, 1.82) is 0 Å². The molecule has 0 saturated heterocycles. The topological polar surface area (TPSA) is 57.2 Å². The fourth-order valence-electron chi connectivity index (χ4n) is 2.84. The molecule has 0 spiro atoms. The Balaban J connectivity index is 1.69. The van der Waals surface area contributed by atoms with Gasteiger partial charge in [-0.2, -0.15) is 13.2 Å². The minimum absolute atomic E-state index is 0.0368. The second-order valence-electron chi connectivity index (χ2n) is 6.20. The van der Waals surface area contributed by atoms with E-state index in [2.05, 4.69) is 15.3 Å². The summed E-state index contributed by atoms with van der Waals surface area (Å²) in [7, 11) is 1.67. The molecule has 0 aliphatic heterocycles. The summed E-state index contributed by atoms with van der Waals surface area (Å²) < 4.78 is 75.1. The van der Waals surface area contributed by atoms with Crippen molar-refractivity contribution in [3.63, 3.8) is 0 Å². The van der Waals surface area contributed by atoms with Gasteiger partial charge in [0.25, 0.3) is 0 Å². The van der Waals surface area contributed by atoms with Gasteiger partial charge in [0.2, 0.25) is 0 Å². The molecule has 4 rings (SSSR count). The molecule has 0 amide bonds. The lowest BCUT2D eigenvalue weighted by molar-refractivity contribution is -0.139. The number of fused-ring (bicyclic) bond motifs is 1. The van der Waals surface area contributed by atoms with E-state index in [-0.39, 0.29) is 18.1 Å². The fourth-order valence-corrected chi connectivity index (χ4v) is 2.84. The van der Waals surface area contributed by atoms with Crippen molar-refractivity contribution in [2.24, 2.45) is 7.05 Å². The van der Waals surface area contributed by atoms with E-state index in [4.69, 9.17) is 4.74 Å². The van der Waals surface area contributed by atoms with Crippen LogP contribution in [0.2, 0.25) is 0 Å². The van der Waals surface area contributed by atoms with Crippen LogP contribution in [-0.4, -0.2) is 24.4 Å². The number of benzene rings is 1. The number of aryl methyl sites for hydroxylation is 1. The highest BCUT2D eigenvalue weighted by molar-refractivity contribution is 5.66. The van der Waals surface area contributed by atoms with Crippen LogP contribution >= 0.6 is 0 Å². The summed E-state index contributed by atoms with van der Waals surface area (Å²) in [6.45, 7) is -0.0368. The zero-order chi connectivity index (χ0) is 20.8. The molecule has 0 aliphatic carbocycles. The van der Waals surface area contributed by atoms with E-state index in [1.807, 2.05) is 0 Å². The van der Waals surface area contributed by atoms with Gasteiger partial charge in [-0.05, 0) is 24.3 Å². The van der Waals surface area contributed by atoms with Crippen LogP contribution in [0.15, 0.2) is 42.9 Å². The van der Waals surface area contributed by atoms with Crippen LogP contribution in [0.3, 0.4) is 0 Å². The zero-order valence-electron chi connectivity index (χ0n) is 14.8. The first kappa shape index (κ1) is 18.8. The van der Waals surface area contributed by atoms with Crippen LogP contribution in [0.25, 0.3) is 16.9 Å². The number of rotatable bonds is 4. The molecule has 0 bridgehead atoms. The van der Waals surface area contributed by atoms with Crippen molar-refractivity contribution in [2.75, 3.05) is 0 Å². The SMILES string of the molecule is Cn1cc(COc2cc(-c3cnc4c(F)c(C(F)(F)F)ccn34)ccc2F)nn1. The summed E-state index contributed by atoms with van der Waals surface area (Å²) in [4.78, 5) is 3.75. The predicted octanol–water partition coefficient (Wildman–Crippen LogP) is 4.01. The third kappa shape index (κ3) is 3.50. The Morgan fingerprint density at radius 2 is 1.93 bits per heavy atom. The highest BCUT2D eigenvalue weighted by Gasteiger charge is 2.35. The second-order valence-corrected chi connectivity index (χ2v) is 6.20. The average molecular weight is 409 g/mol. The van der Waals surface area contributed by atoms with Crippen molar-refractivity contribution in [3.05, 3.63) is 65.7 Å². The van der Waals surface area contributed by atoms with Gasteiger partial charge in [-0.25, -0.2) is 13.8 Å². The Morgan fingerprint density at radius 1 is 1.14 bits per heavy atom. The third-order valence-corrected chi connectivity index (χ3v) is 4.18. The maximum absolute atomic E-state index is 14.2. The summed E-state index contributed by atoms with van der Waals surface area (Å²) >= 11 is 0. The molecule has 150 valence electrons. The molecular formula is C18H12F5N5O. The summed E-state index contributed by atoms with van der Waals surface area (Å²) in [6.07, 6.45) is -0.965. The summed E-state index contributed by atoms with van der Waals surface area (Å²) in [6, 6.07) is 4.51. The van der Waals surface area contributed by atoms with Crippen LogP contribution in [-0.2, 0) is 19.8 Å². The molecule has 0 radical (unpaired) electrons. The quantitative estimate of drug-likeness (QED) is 0.478. The molecule has 3 heterocycles. The van der Waals surface area contributed by atoms with Gasteiger partial charge >= 0.3 is 6.18 Å². The minimum Gasteiger partial charge on any atom is -0.484 e. The van der Waals surface area contributed by atoms with E-state index in [9.17, 15) is 22.0 Å². The van der Waals surface area contributed by atoms with Crippen LogP contribution in [0.4, 0.5) is 22.0 Å². The zero-order valence-corrected chi connectivity index (χ0v) is 14.8. The molecule has 0 aliphatic rings. The van der Waals surface area contributed by atoms with Gasteiger partial charge in [-0.1, -0.05) is 5.21 Å². The van der Waals surface area contributed by atoms with Crippen molar-refractivity contribution >= 4 is 5.65 Å². The Hall–Kier alpha value is -3.50. The maximum atomic E-state index is 14.2. The van der Waals surface area contributed by atoms with Crippen LogP contribution in [0, 0.1) is 11.6 Å². The Labute approximate surface area is 160 Å². The first-order chi connectivity index (χ1) is 13.7. The monoisotopic (exact) mass is 409 g/mol. The lowest BCUT2D eigenvalue weighted by Gasteiger charge is -2.10. The van der Waals surface area contributed by atoms with E-state index in [1.54, 1.807) is 13.2 Å². The molecule has 29 heavy (non-hydrogen) atoms. The highest BCUT2D eigenvalue weighted by atomic mass is 19.4. The van der Waals surface area contributed by atoms with Gasteiger partial charge in [-0.15, -0.1) is 5.10 Å². The molecule has 0 unspecified atom stereocenters. The molecule has 0 saturated carbocycles. The van der Waals surface area contributed by atoms with Crippen molar-refractivity contribution in [3.8, 4) is 17.0 Å². The van der Waals surface area contributed by atoms with Gasteiger partial charge in [0.05, 0.1) is 23.7 Å². The predicted molar refractivity (Wildman–Crippen MR) is 90.9 cm³/mol. The minimum atomic E-state index is -4.84. The summed E-state index contributed by atoms with van der Waals surface area (Å²) in [5.41, 5.74) is -0.756. The van der Waals surface area contributed by atoms with Gasteiger partial charge in [0, 0.05) is 18.8 Å². The molecule has 11 heteroatoms. The number of alkyl halides is 3. The number of imidazole rings is 1. The second kappa shape index (κ2) is 6.83. The molecule has 6 nitrogen and oxygen atoms in total. The fraction of sp³-hybridized carbons (Fsp3) is 0.167. The first-order valence-corrected chi connectivity index (χ1v) is 8.24. The van der Waals surface area contributed by atoms with Gasteiger partial charge < -0.3 is 4.74 Å². The number of nitrogens with zero attached hydrogens (tertiary/aromatic N) is 5. The van der Waals surface area contributed by atoms with E-state index in [0.717, 1.165) is 16.7 Å². The Morgan fingerprint density at radius 3 is 2.62 bits per heavy atom. The standard InChI is InChI=1S/C18H12F5N5O/c1-27-8-11(25-26-27)9-29-15-6-10(2-3-13(15)19)14-7-24-17-16(20)12(18(21,22)23)4-5-28(14)17/h2-8H,9H2,1H3. The molecule has 1 aromatic carbocycles. The van der Waals surface area contributed by atoms with Crippen molar-refractivity contribution in [2.45, 2.75) is 12.8 Å². The van der Waals surface area contributed by atoms with E-state index >= 15 is 0 Å². The van der Waals surface area contributed by atoms with E-state index < -0.39 is 29.0 Å². The molecule has 0 fully saturated rings. The number of ether oxygens (including phenoxy) is 1. The van der Waals surface area contributed by atoms with Crippen molar-refractivity contribution in [1.82, 2.24) is 24.4 Å². The summed E-state index contributed by atoms with van der Waals surface area (Å²) in [5.74, 6) is -2.22. The number of hydrogen-bond acceptors (Lipinski definition) is 4. The van der Waals surface area contributed by atoms with Crippen LogP contribution < -0.4 is 4.74 Å². The first-order valence-electron chi connectivity index (χ1n) is 8.24. The molecule has 3 aromatic heterocycles. The van der Waals surface area contributed by atoms with Crippen LogP contribution in [0.5, 0.6) is 5.75 Å². The third-order valence-electron chi connectivity index (χ3n) is 4.18. The molecule has 0 atom stereocenters.